The van der Waals surface area contributed by atoms with Gasteiger partial charge in [0.05, 0.1) is 0 Å². The van der Waals surface area contributed by atoms with Crippen molar-refractivity contribution in [2.24, 2.45) is 0 Å². The molecule has 0 aliphatic carbocycles. The Labute approximate surface area is 68.1 Å². The Morgan fingerprint density at radius 3 is 2.91 bits per heavy atom. The topological polar surface area (TPSA) is 9.23 Å². The van der Waals surface area contributed by atoms with Gasteiger partial charge in [0, 0.05) is 6.42 Å². The summed E-state index contributed by atoms with van der Waals surface area (Å²) in [7, 11) is 0. The van der Waals surface area contributed by atoms with Gasteiger partial charge in [-0.15, -0.1) is 0 Å². The van der Waals surface area contributed by atoms with Crippen molar-refractivity contribution in [2.75, 3.05) is 0 Å². The molecule has 0 aromatic heterocycles. The second kappa shape index (κ2) is 3.42. The lowest BCUT2D eigenvalue weighted by Crippen LogP contribution is -1.97. The first-order valence-corrected chi connectivity index (χ1v) is 3.93. The summed E-state index contributed by atoms with van der Waals surface area (Å²) in [6, 6.07) is 0. The molecule has 1 aliphatic rings. The van der Waals surface area contributed by atoms with Crippen LogP contribution in [0.2, 0.25) is 0 Å². The number of rotatable bonds is 2. The first-order valence-electron chi connectivity index (χ1n) is 3.93. The Morgan fingerprint density at radius 2 is 2.36 bits per heavy atom. The van der Waals surface area contributed by atoms with E-state index in [1.54, 1.807) is 0 Å². The molecule has 1 heterocycles. The van der Waals surface area contributed by atoms with Crippen molar-refractivity contribution in [3.8, 4) is 0 Å². The van der Waals surface area contributed by atoms with Crippen LogP contribution < -0.4 is 0 Å². The van der Waals surface area contributed by atoms with E-state index >= 15 is 0 Å². The van der Waals surface area contributed by atoms with E-state index in [2.05, 4.69) is 13.5 Å². The van der Waals surface area contributed by atoms with Crippen molar-refractivity contribution in [3.05, 3.63) is 36.1 Å². The van der Waals surface area contributed by atoms with Gasteiger partial charge in [-0.2, -0.15) is 0 Å². The number of hydrogen-bond acceptors (Lipinski definition) is 1. The summed E-state index contributed by atoms with van der Waals surface area (Å²) in [6.45, 7) is 7.79. The van der Waals surface area contributed by atoms with Gasteiger partial charge in [0.1, 0.15) is 11.9 Å². The number of ether oxygens (including phenoxy) is 1. The molecule has 1 atom stereocenters. The van der Waals surface area contributed by atoms with Gasteiger partial charge in [-0.1, -0.05) is 18.7 Å². The summed E-state index contributed by atoms with van der Waals surface area (Å²) in [4.78, 5) is 0. The summed E-state index contributed by atoms with van der Waals surface area (Å²) < 4.78 is 5.53. The summed E-state index contributed by atoms with van der Waals surface area (Å²) >= 11 is 0. The molecule has 0 bridgehead atoms. The summed E-state index contributed by atoms with van der Waals surface area (Å²) in [5.74, 6) is 0.981. The highest BCUT2D eigenvalue weighted by atomic mass is 16.5. The molecule has 0 amide bonds. The smallest absolute Gasteiger partial charge is 0.122 e. The highest BCUT2D eigenvalue weighted by Gasteiger charge is 2.17. The largest absolute Gasteiger partial charge is 0.490 e. The summed E-state index contributed by atoms with van der Waals surface area (Å²) in [5.41, 5.74) is 1.22. The summed E-state index contributed by atoms with van der Waals surface area (Å²) in [5, 5.41) is 0. The Bertz CT molecular complexity index is 211. The summed E-state index contributed by atoms with van der Waals surface area (Å²) in [6.07, 6.45) is 7.15. The fraction of sp³-hybridized carbons (Fsp3) is 0.400. The van der Waals surface area contributed by atoms with Gasteiger partial charge in [-0.05, 0) is 25.5 Å². The van der Waals surface area contributed by atoms with Crippen LogP contribution in [0.15, 0.2) is 36.1 Å². The zero-order valence-electron chi connectivity index (χ0n) is 7.13. The van der Waals surface area contributed by atoms with E-state index in [4.69, 9.17) is 4.74 Å². The maximum absolute atomic E-state index is 5.53. The molecule has 1 unspecified atom stereocenters. The monoisotopic (exact) mass is 150 g/mol. The lowest BCUT2D eigenvalue weighted by molar-refractivity contribution is 0.169. The molecule has 0 aromatic carbocycles. The van der Waals surface area contributed by atoms with Gasteiger partial charge in [-0.3, -0.25) is 0 Å². The van der Waals surface area contributed by atoms with E-state index in [1.165, 1.54) is 5.57 Å². The molecule has 0 saturated carbocycles. The average Bonchev–Trinajstić information content (AvgIpc) is 2.32. The normalized spacial score (nSPS) is 24.4. The molecule has 0 radical (unpaired) electrons. The fourth-order valence-electron chi connectivity index (χ4n) is 1.23. The lowest BCUT2D eigenvalue weighted by atomic mass is 10.1. The first kappa shape index (κ1) is 8.12. The van der Waals surface area contributed by atoms with Crippen molar-refractivity contribution in [3.63, 3.8) is 0 Å². The van der Waals surface area contributed by atoms with Crippen molar-refractivity contribution >= 4 is 0 Å². The number of allylic oxidation sites excluding steroid dienone is 3. The van der Waals surface area contributed by atoms with Crippen LogP contribution in [0.3, 0.4) is 0 Å². The molecule has 0 spiro atoms. The van der Waals surface area contributed by atoms with Gasteiger partial charge >= 0.3 is 0 Å². The molecule has 60 valence electrons. The molecule has 0 fully saturated rings. The molecule has 0 N–H and O–H groups in total. The molecular weight excluding hydrogens is 136 g/mol. The zero-order valence-corrected chi connectivity index (χ0v) is 7.13. The minimum absolute atomic E-state index is 0.314. The van der Waals surface area contributed by atoms with Crippen LogP contribution >= 0.6 is 0 Å². The molecule has 11 heavy (non-hydrogen) atoms. The second-order valence-corrected chi connectivity index (χ2v) is 2.73. The van der Waals surface area contributed by atoms with E-state index < -0.39 is 0 Å². The first-order chi connectivity index (χ1) is 5.27. The van der Waals surface area contributed by atoms with Gasteiger partial charge in [0.2, 0.25) is 0 Å². The SMILES string of the molecule is C=CC1=C(/C=C\C)OC(C)C1. The predicted molar refractivity (Wildman–Crippen MR) is 47.2 cm³/mol. The molecule has 1 rings (SSSR count). The highest BCUT2D eigenvalue weighted by molar-refractivity contribution is 5.31. The third kappa shape index (κ3) is 1.73. The lowest BCUT2D eigenvalue weighted by Gasteiger charge is -2.02. The third-order valence-corrected chi connectivity index (χ3v) is 1.72. The van der Waals surface area contributed by atoms with E-state index in [0.717, 1.165) is 12.2 Å². The van der Waals surface area contributed by atoms with Crippen LogP contribution in [0.25, 0.3) is 0 Å². The Balaban J connectivity index is 2.79. The quantitative estimate of drug-likeness (QED) is 0.588. The number of hydrogen-bond donors (Lipinski definition) is 0. The van der Waals surface area contributed by atoms with Gasteiger partial charge in [-0.25, -0.2) is 0 Å². The zero-order chi connectivity index (χ0) is 8.27. The van der Waals surface area contributed by atoms with E-state index in [1.807, 2.05) is 25.2 Å². The fourth-order valence-corrected chi connectivity index (χ4v) is 1.23. The Hall–Kier alpha value is -0.980. The van der Waals surface area contributed by atoms with Crippen LogP contribution in [0.4, 0.5) is 0 Å². The Kier molecular flexibility index (Phi) is 2.53. The van der Waals surface area contributed by atoms with E-state index in [0.29, 0.717) is 6.10 Å². The van der Waals surface area contributed by atoms with Crippen molar-refractivity contribution in [2.45, 2.75) is 26.4 Å². The van der Waals surface area contributed by atoms with E-state index in [-0.39, 0.29) is 0 Å². The third-order valence-electron chi connectivity index (χ3n) is 1.72. The molecular formula is C10H14O. The minimum Gasteiger partial charge on any atom is -0.490 e. The molecule has 0 aromatic rings. The van der Waals surface area contributed by atoms with Gasteiger partial charge in [0.25, 0.3) is 0 Å². The molecule has 1 nitrogen and oxygen atoms in total. The maximum atomic E-state index is 5.53. The Morgan fingerprint density at radius 1 is 1.64 bits per heavy atom. The maximum Gasteiger partial charge on any atom is 0.122 e. The molecule has 1 heteroatoms. The van der Waals surface area contributed by atoms with Crippen LogP contribution in [0.5, 0.6) is 0 Å². The van der Waals surface area contributed by atoms with Gasteiger partial charge < -0.3 is 4.74 Å². The second-order valence-electron chi connectivity index (χ2n) is 2.73. The minimum atomic E-state index is 0.314. The van der Waals surface area contributed by atoms with Crippen LogP contribution in [0.1, 0.15) is 20.3 Å². The van der Waals surface area contributed by atoms with Crippen molar-refractivity contribution in [1.29, 1.82) is 0 Å². The van der Waals surface area contributed by atoms with Crippen LogP contribution in [-0.4, -0.2) is 6.10 Å². The van der Waals surface area contributed by atoms with Crippen LogP contribution in [0, 0.1) is 0 Å². The van der Waals surface area contributed by atoms with Crippen molar-refractivity contribution in [1.82, 2.24) is 0 Å². The predicted octanol–water partition coefficient (Wildman–Crippen LogP) is 2.81. The van der Waals surface area contributed by atoms with Crippen molar-refractivity contribution < 1.29 is 4.74 Å². The van der Waals surface area contributed by atoms with Crippen LogP contribution in [-0.2, 0) is 4.74 Å². The molecule has 0 saturated heterocycles. The van der Waals surface area contributed by atoms with E-state index in [9.17, 15) is 0 Å². The van der Waals surface area contributed by atoms with Gasteiger partial charge in [0.15, 0.2) is 0 Å². The standard InChI is InChI=1S/C10H14O/c1-4-6-10-9(5-2)7-8(3)11-10/h4-6,8H,2,7H2,1,3H3/b6-4-. The average molecular weight is 150 g/mol. The highest BCUT2D eigenvalue weighted by Crippen LogP contribution is 2.25. The molecule has 1 aliphatic heterocycles.